The van der Waals surface area contributed by atoms with E-state index in [4.69, 9.17) is 23.7 Å². The lowest BCUT2D eigenvalue weighted by molar-refractivity contribution is 0.833. The third-order valence-corrected chi connectivity index (χ3v) is 2.80. The van der Waals surface area contributed by atoms with Crippen molar-refractivity contribution in [3.8, 4) is 0 Å². The maximum Gasteiger partial charge on any atom is 0.131 e. The Morgan fingerprint density at radius 1 is 1.38 bits per heavy atom. The standard InChI is InChI=1S/C9H12N2S2/c10-8(6-13-9(11)12)7-4-2-1-3-5-7/h1-5,8H,6,10H2,(H2,11,12). The Hall–Kier alpha value is -0.580. The Bertz CT molecular complexity index is 274. The van der Waals surface area contributed by atoms with Crippen LogP contribution in [0.3, 0.4) is 0 Å². The first-order valence-corrected chi connectivity index (χ1v) is 5.32. The molecule has 0 aliphatic carbocycles. The third-order valence-electron chi connectivity index (χ3n) is 1.63. The minimum Gasteiger partial charge on any atom is -0.385 e. The van der Waals surface area contributed by atoms with Crippen LogP contribution >= 0.6 is 24.0 Å². The lowest BCUT2D eigenvalue weighted by Gasteiger charge is -2.10. The van der Waals surface area contributed by atoms with E-state index < -0.39 is 0 Å². The van der Waals surface area contributed by atoms with E-state index in [1.807, 2.05) is 30.3 Å². The van der Waals surface area contributed by atoms with Crippen molar-refractivity contribution in [3.63, 3.8) is 0 Å². The summed E-state index contributed by atoms with van der Waals surface area (Å²) in [5, 5.41) is 0. The Labute approximate surface area is 87.7 Å². The van der Waals surface area contributed by atoms with Crippen LogP contribution in [0.1, 0.15) is 11.6 Å². The average molecular weight is 212 g/mol. The molecule has 4 N–H and O–H groups in total. The maximum absolute atomic E-state index is 5.91. The van der Waals surface area contributed by atoms with Gasteiger partial charge in [-0.05, 0) is 5.56 Å². The molecule has 0 saturated carbocycles. The number of rotatable bonds is 3. The Morgan fingerprint density at radius 2 is 2.00 bits per heavy atom. The highest BCUT2D eigenvalue weighted by Gasteiger charge is 2.05. The molecule has 0 radical (unpaired) electrons. The molecule has 1 rings (SSSR count). The topological polar surface area (TPSA) is 52.0 Å². The van der Waals surface area contributed by atoms with Crippen LogP contribution in [-0.4, -0.2) is 10.1 Å². The number of nitrogens with two attached hydrogens (primary N) is 2. The highest BCUT2D eigenvalue weighted by molar-refractivity contribution is 8.22. The molecule has 1 unspecified atom stereocenters. The van der Waals surface area contributed by atoms with E-state index in [2.05, 4.69) is 0 Å². The fourth-order valence-corrected chi connectivity index (χ4v) is 1.71. The molecule has 1 atom stereocenters. The largest absolute Gasteiger partial charge is 0.385 e. The molecule has 0 fully saturated rings. The normalized spacial score (nSPS) is 12.4. The summed E-state index contributed by atoms with van der Waals surface area (Å²) < 4.78 is 0.450. The number of thioether (sulfide) groups is 1. The molecule has 1 aromatic rings. The fraction of sp³-hybridized carbons (Fsp3) is 0.222. The summed E-state index contributed by atoms with van der Waals surface area (Å²) in [5.41, 5.74) is 12.4. The van der Waals surface area contributed by atoms with E-state index in [1.54, 1.807) is 0 Å². The molecule has 2 nitrogen and oxygen atoms in total. The zero-order valence-electron chi connectivity index (χ0n) is 7.14. The molecule has 0 aliphatic rings. The SMILES string of the molecule is NC(=S)SCC(N)c1ccccc1. The fourth-order valence-electron chi connectivity index (χ4n) is 0.968. The van der Waals surface area contributed by atoms with Crippen molar-refractivity contribution in [1.82, 2.24) is 0 Å². The van der Waals surface area contributed by atoms with E-state index >= 15 is 0 Å². The first-order valence-electron chi connectivity index (χ1n) is 3.93. The van der Waals surface area contributed by atoms with Gasteiger partial charge in [-0.2, -0.15) is 0 Å². The maximum atomic E-state index is 5.91. The van der Waals surface area contributed by atoms with Crippen molar-refractivity contribution in [2.24, 2.45) is 11.5 Å². The van der Waals surface area contributed by atoms with Gasteiger partial charge in [0, 0.05) is 11.8 Å². The predicted octanol–water partition coefficient (Wildman–Crippen LogP) is 1.66. The molecule has 0 heterocycles. The van der Waals surface area contributed by atoms with Crippen molar-refractivity contribution >= 4 is 28.3 Å². The third kappa shape index (κ3) is 3.76. The molecule has 0 saturated heterocycles. The summed E-state index contributed by atoms with van der Waals surface area (Å²) >= 11 is 6.17. The summed E-state index contributed by atoms with van der Waals surface area (Å²) in [6.45, 7) is 0. The molecule has 1 aromatic carbocycles. The molecule has 13 heavy (non-hydrogen) atoms. The van der Waals surface area contributed by atoms with Gasteiger partial charge in [0.1, 0.15) is 4.32 Å². The summed E-state index contributed by atoms with van der Waals surface area (Å²) in [7, 11) is 0. The molecular formula is C9H12N2S2. The smallest absolute Gasteiger partial charge is 0.131 e. The summed E-state index contributed by atoms with van der Waals surface area (Å²) in [6, 6.07) is 9.93. The molecule has 0 bridgehead atoms. The van der Waals surface area contributed by atoms with Crippen molar-refractivity contribution in [2.45, 2.75) is 6.04 Å². The minimum atomic E-state index is 0.00713. The van der Waals surface area contributed by atoms with Gasteiger partial charge in [-0.3, -0.25) is 0 Å². The van der Waals surface area contributed by atoms with Crippen molar-refractivity contribution in [1.29, 1.82) is 0 Å². The predicted molar refractivity (Wildman–Crippen MR) is 62.6 cm³/mol. The van der Waals surface area contributed by atoms with Crippen LogP contribution in [0.15, 0.2) is 30.3 Å². The highest BCUT2D eigenvalue weighted by Crippen LogP contribution is 2.15. The monoisotopic (exact) mass is 212 g/mol. The zero-order valence-corrected chi connectivity index (χ0v) is 8.78. The van der Waals surface area contributed by atoms with Gasteiger partial charge in [0.25, 0.3) is 0 Å². The summed E-state index contributed by atoms with van der Waals surface area (Å²) in [6.07, 6.45) is 0. The van der Waals surface area contributed by atoms with Gasteiger partial charge in [0.2, 0.25) is 0 Å². The molecule has 0 amide bonds. The van der Waals surface area contributed by atoms with Crippen LogP contribution in [0.5, 0.6) is 0 Å². The summed E-state index contributed by atoms with van der Waals surface area (Å²) in [5.74, 6) is 0.735. The van der Waals surface area contributed by atoms with E-state index in [1.165, 1.54) is 11.8 Å². The molecular weight excluding hydrogens is 200 g/mol. The zero-order chi connectivity index (χ0) is 9.68. The van der Waals surface area contributed by atoms with Crippen LogP contribution in [0, 0.1) is 0 Å². The van der Waals surface area contributed by atoms with Crippen LogP contribution in [-0.2, 0) is 0 Å². The van der Waals surface area contributed by atoms with Gasteiger partial charge in [0.15, 0.2) is 0 Å². The second kappa shape index (κ2) is 5.21. The second-order valence-corrected chi connectivity index (χ2v) is 4.41. The Morgan fingerprint density at radius 3 is 2.54 bits per heavy atom. The van der Waals surface area contributed by atoms with Gasteiger partial charge >= 0.3 is 0 Å². The van der Waals surface area contributed by atoms with Gasteiger partial charge in [-0.15, -0.1) is 0 Å². The molecule has 0 aromatic heterocycles. The minimum absolute atomic E-state index is 0.00713. The number of hydrogen-bond acceptors (Lipinski definition) is 3. The highest BCUT2D eigenvalue weighted by atomic mass is 32.2. The van der Waals surface area contributed by atoms with Crippen LogP contribution in [0.25, 0.3) is 0 Å². The first-order chi connectivity index (χ1) is 6.20. The molecule has 0 aliphatic heterocycles. The van der Waals surface area contributed by atoms with Crippen molar-refractivity contribution < 1.29 is 0 Å². The lowest BCUT2D eigenvalue weighted by atomic mass is 10.1. The van der Waals surface area contributed by atoms with E-state index in [9.17, 15) is 0 Å². The van der Waals surface area contributed by atoms with Crippen LogP contribution in [0.2, 0.25) is 0 Å². The Balaban J connectivity index is 2.49. The molecule has 70 valence electrons. The van der Waals surface area contributed by atoms with Gasteiger partial charge < -0.3 is 11.5 Å². The Kier molecular flexibility index (Phi) is 4.21. The summed E-state index contributed by atoms with van der Waals surface area (Å²) in [4.78, 5) is 0. The number of hydrogen-bond donors (Lipinski definition) is 2. The average Bonchev–Trinajstić information content (AvgIpc) is 2.15. The van der Waals surface area contributed by atoms with Gasteiger partial charge in [-0.1, -0.05) is 54.3 Å². The number of benzene rings is 1. The van der Waals surface area contributed by atoms with Crippen molar-refractivity contribution in [3.05, 3.63) is 35.9 Å². The van der Waals surface area contributed by atoms with Crippen LogP contribution in [0.4, 0.5) is 0 Å². The second-order valence-electron chi connectivity index (χ2n) is 2.65. The molecule has 4 heteroatoms. The van der Waals surface area contributed by atoms with E-state index in [0.29, 0.717) is 4.32 Å². The first kappa shape index (κ1) is 10.5. The van der Waals surface area contributed by atoms with Crippen molar-refractivity contribution in [2.75, 3.05) is 5.75 Å². The number of thiocarbonyl (C=S) groups is 1. The van der Waals surface area contributed by atoms with Gasteiger partial charge in [0.05, 0.1) is 0 Å². The van der Waals surface area contributed by atoms with E-state index in [0.717, 1.165) is 11.3 Å². The molecule has 0 spiro atoms. The van der Waals surface area contributed by atoms with E-state index in [-0.39, 0.29) is 6.04 Å². The van der Waals surface area contributed by atoms with Gasteiger partial charge in [-0.25, -0.2) is 0 Å². The lowest BCUT2D eigenvalue weighted by Crippen LogP contribution is -2.15. The van der Waals surface area contributed by atoms with Crippen LogP contribution < -0.4 is 11.5 Å². The quantitative estimate of drug-likeness (QED) is 0.748.